The summed E-state index contributed by atoms with van der Waals surface area (Å²) in [5.74, 6) is 0. The first kappa shape index (κ1) is 24.7. The predicted octanol–water partition coefficient (Wildman–Crippen LogP) is 4.00. The van der Waals surface area contributed by atoms with Gasteiger partial charge in [-0.1, -0.05) is 29.3 Å². The van der Waals surface area contributed by atoms with Crippen LogP contribution < -0.4 is 10.6 Å². The lowest BCUT2D eigenvalue weighted by Gasteiger charge is -2.23. The monoisotopic (exact) mass is 406 g/mol. The summed E-state index contributed by atoms with van der Waals surface area (Å²) in [4.78, 5) is 22.9. The van der Waals surface area contributed by atoms with Gasteiger partial charge in [-0.3, -0.25) is 0 Å². The standard InChI is InChI=1S/C16H22Cl2N2O3.C2H6O/c1-10(20-15(22)23-16(2,3)4)8-19-14(9-21)11-5-6-12(17)13(18)7-11;1-3-2/h5-7,9-10,14,19H,8H2,1-4H3,(H,20,22);1-2H3. The molecule has 2 N–H and O–H groups in total. The van der Waals surface area contributed by atoms with Crippen LogP contribution in [0.3, 0.4) is 0 Å². The maximum atomic E-state index is 11.7. The van der Waals surface area contributed by atoms with E-state index in [2.05, 4.69) is 15.4 Å². The Hall–Kier alpha value is -1.34. The first-order valence-corrected chi connectivity index (χ1v) is 8.83. The van der Waals surface area contributed by atoms with Crippen LogP contribution in [0.5, 0.6) is 0 Å². The highest BCUT2D eigenvalue weighted by Gasteiger charge is 2.18. The van der Waals surface area contributed by atoms with E-state index in [4.69, 9.17) is 27.9 Å². The van der Waals surface area contributed by atoms with E-state index >= 15 is 0 Å². The van der Waals surface area contributed by atoms with Gasteiger partial charge in [0, 0.05) is 26.8 Å². The average molecular weight is 407 g/mol. The lowest BCUT2D eigenvalue weighted by atomic mass is 10.1. The van der Waals surface area contributed by atoms with Crippen molar-refractivity contribution in [3.63, 3.8) is 0 Å². The molecule has 6 nitrogen and oxygen atoms in total. The molecule has 0 aliphatic rings. The average Bonchev–Trinajstić information content (AvgIpc) is 2.50. The van der Waals surface area contributed by atoms with Crippen molar-refractivity contribution < 1.29 is 19.1 Å². The third kappa shape index (κ3) is 10.6. The molecule has 0 saturated heterocycles. The van der Waals surface area contributed by atoms with Crippen molar-refractivity contribution in [1.82, 2.24) is 10.6 Å². The summed E-state index contributed by atoms with van der Waals surface area (Å²) in [6, 6.07) is 4.26. The zero-order valence-corrected chi connectivity index (χ0v) is 17.6. The van der Waals surface area contributed by atoms with Crippen LogP contribution in [0.1, 0.15) is 39.3 Å². The molecular formula is C18H28Cl2N2O4. The van der Waals surface area contributed by atoms with Crippen LogP contribution in [-0.4, -0.2) is 44.8 Å². The number of amides is 1. The van der Waals surface area contributed by atoms with Gasteiger partial charge in [0.05, 0.1) is 16.1 Å². The Morgan fingerprint density at radius 3 is 2.27 bits per heavy atom. The molecule has 0 radical (unpaired) electrons. The van der Waals surface area contributed by atoms with Crippen molar-refractivity contribution in [1.29, 1.82) is 0 Å². The highest BCUT2D eigenvalue weighted by molar-refractivity contribution is 6.42. The van der Waals surface area contributed by atoms with Crippen molar-refractivity contribution >= 4 is 35.6 Å². The molecule has 0 spiro atoms. The Labute approximate surface area is 165 Å². The Morgan fingerprint density at radius 2 is 1.81 bits per heavy atom. The van der Waals surface area contributed by atoms with Crippen LogP contribution in [0, 0.1) is 0 Å². The number of methoxy groups -OCH3 is 1. The quantitative estimate of drug-likeness (QED) is 0.698. The smallest absolute Gasteiger partial charge is 0.407 e. The van der Waals surface area contributed by atoms with Gasteiger partial charge in [0.1, 0.15) is 11.9 Å². The molecule has 0 aliphatic heterocycles. The molecule has 0 saturated carbocycles. The topological polar surface area (TPSA) is 76.7 Å². The molecule has 0 aliphatic carbocycles. The van der Waals surface area contributed by atoms with Gasteiger partial charge in [0.15, 0.2) is 0 Å². The second-order valence-corrected chi connectivity index (χ2v) is 7.47. The van der Waals surface area contributed by atoms with Crippen LogP contribution in [0.15, 0.2) is 18.2 Å². The largest absolute Gasteiger partial charge is 0.444 e. The number of halogens is 2. The first-order chi connectivity index (χ1) is 12.0. The second kappa shape index (κ2) is 12.1. The van der Waals surface area contributed by atoms with Gasteiger partial charge in [0.2, 0.25) is 0 Å². The molecular weight excluding hydrogens is 379 g/mol. The van der Waals surface area contributed by atoms with Crippen molar-refractivity contribution in [2.24, 2.45) is 0 Å². The van der Waals surface area contributed by atoms with Crippen LogP contribution >= 0.6 is 23.2 Å². The van der Waals surface area contributed by atoms with Gasteiger partial charge in [-0.25, -0.2) is 4.79 Å². The molecule has 2 atom stereocenters. The van der Waals surface area contributed by atoms with Crippen molar-refractivity contribution in [3.05, 3.63) is 33.8 Å². The van der Waals surface area contributed by atoms with Gasteiger partial charge in [-0.15, -0.1) is 0 Å². The SMILES string of the molecule is CC(CNC(C=O)c1ccc(Cl)c(Cl)c1)NC(=O)OC(C)(C)C.COC. The molecule has 0 aromatic heterocycles. The fourth-order valence-electron chi connectivity index (χ4n) is 1.81. The summed E-state index contributed by atoms with van der Waals surface area (Å²) in [5.41, 5.74) is 0.154. The van der Waals surface area contributed by atoms with Crippen LogP contribution in [0.25, 0.3) is 0 Å². The minimum atomic E-state index is -0.553. The summed E-state index contributed by atoms with van der Waals surface area (Å²) in [6.07, 6.45) is 0.281. The molecule has 1 aromatic rings. The summed E-state index contributed by atoms with van der Waals surface area (Å²) >= 11 is 11.8. The fourth-order valence-corrected chi connectivity index (χ4v) is 2.12. The lowest BCUT2D eigenvalue weighted by Crippen LogP contribution is -2.43. The summed E-state index contributed by atoms with van der Waals surface area (Å²) in [5, 5.41) is 6.58. The lowest BCUT2D eigenvalue weighted by molar-refractivity contribution is -0.109. The number of aldehydes is 1. The number of hydrogen-bond acceptors (Lipinski definition) is 5. The molecule has 1 rings (SSSR count). The molecule has 148 valence electrons. The Morgan fingerprint density at radius 1 is 1.23 bits per heavy atom. The predicted molar refractivity (Wildman–Crippen MR) is 105 cm³/mol. The molecule has 0 bridgehead atoms. The Bertz CT molecular complexity index is 577. The van der Waals surface area contributed by atoms with Crippen LogP contribution in [-0.2, 0) is 14.3 Å². The number of hydrogen-bond donors (Lipinski definition) is 2. The Balaban J connectivity index is 0.00000194. The zero-order chi connectivity index (χ0) is 20.3. The van der Waals surface area contributed by atoms with E-state index < -0.39 is 17.7 Å². The normalized spacial score (nSPS) is 13.1. The van der Waals surface area contributed by atoms with Gasteiger partial charge in [0.25, 0.3) is 0 Å². The number of carbonyl (C=O) groups is 2. The molecule has 8 heteroatoms. The Kier molecular flexibility index (Phi) is 11.5. The maximum Gasteiger partial charge on any atom is 0.407 e. The first-order valence-electron chi connectivity index (χ1n) is 8.07. The minimum Gasteiger partial charge on any atom is -0.444 e. The summed E-state index contributed by atoms with van der Waals surface area (Å²) < 4.78 is 9.43. The van der Waals surface area contributed by atoms with Crippen molar-refractivity contribution in [3.8, 4) is 0 Å². The number of carbonyl (C=O) groups excluding carboxylic acids is 2. The molecule has 0 fully saturated rings. The van der Waals surface area contributed by atoms with Gasteiger partial charge in [-0.2, -0.15) is 0 Å². The number of rotatable bonds is 6. The second-order valence-electron chi connectivity index (χ2n) is 6.65. The highest BCUT2D eigenvalue weighted by atomic mass is 35.5. The van der Waals surface area contributed by atoms with E-state index in [1.807, 2.05) is 6.92 Å². The van der Waals surface area contributed by atoms with E-state index in [9.17, 15) is 9.59 Å². The fraction of sp³-hybridized carbons (Fsp3) is 0.556. The van der Waals surface area contributed by atoms with E-state index in [0.717, 1.165) is 6.29 Å². The van der Waals surface area contributed by atoms with Gasteiger partial charge >= 0.3 is 6.09 Å². The zero-order valence-electron chi connectivity index (χ0n) is 16.1. The van der Waals surface area contributed by atoms with Crippen molar-refractivity contribution in [2.75, 3.05) is 20.8 Å². The minimum absolute atomic E-state index is 0.213. The van der Waals surface area contributed by atoms with E-state index in [-0.39, 0.29) is 6.04 Å². The van der Waals surface area contributed by atoms with Crippen molar-refractivity contribution in [2.45, 2.75) is 45.4 Å². The molecule has 1 aromatic carbocycles. The van der Waals surface area contributed by atoms with Gasteiger partial charge in [-0.05, 0) is 45.4 Å². The highest BCUT2D eigenvalue weighted by Crippen LogP contribution is 2.25. The third-order valence-corrected chi connectivity index (χ3v) is 3.58. The van der Waals surface area contributed by atoms with Crippen LogP contribution in [0.2, 0.25) is 10.0 Å². The third-order valence-electron chi connectivity index (χ3n) is 2.85. The molecule has 2 unspecified atom stereocenters. The maximum absolute atomic E-state index is 11.7. The molecule has 26 heavy (non-hydrogen) atoms. The number of benzene rings is 1. The molecule has 1 amide bonds. The van der Waals surface area contributed by atoms with E-state index in [0.29, 0.717) is 22.2 Å². The number of nitrogens with one attached hydrogen (secondary N) is 2. The van der Waals surface area contributed by atoms with Gasteiger partial charge < -0.3 is 24.9 Å². The van der Waals surface area contributed by atoms with E-state index in [1.165, 1.54) is 0 Å². The van der Waals surface area contributed by atoms with E-state index in [1.54, 1.807) is 53.2 Å². The van der Waals surface area contributed by atoms with Crippen LogP contribution in [0.4, 0.5) is 4.79 Å². The summed E-state index contributed by atoms with van der Waals surface area (Å²) in [7, 11) is 3.25. The molecule has 0 heterocycles. The number of alkyl carbamates (subject to hydrolysis) is 1. The summed E-state index contributed by atoms with van der Waals surface area (Å²) in [6.45, 7) is 7.59. The number of ether oxygens (including phenoxy) is 2.